The lowest BCUT2D eigenvalue weighted by atomic mass is 10.1. The van der Waals surface area contributed by atoms with Crippen LogP contribution < -0.4 is 0 Å². The molecule has 1 amide bonds. The fraction of sp³-hybridized carbons (Fsp3) is 0.385. The van der Waals surface area contributed by atoms with Gasteiger partial charge < -0.3 is 10.0 Å². The van der Waals surface area contributed by atoms with Crippen molar-refractivity contribution < 1.29 is 14.7 Å². The molecule has 104 valence electrons. The lowest BCUT2D eigenvalue weighted by Crippen LogP contribution is -2.29. The fourth-order valence-corrected chi connectivity index (χ4v) is 2.22. The Morgan fingerprint density at radius 2 is 2.11 bits per heavy atom. The van der Waals surface area contributed by atoms with E-state index in [0.717, 1.165) is 5.56 Å². The van der Waals surface area contributed by atoms with Crippen LogP contribution >= 0.6 is 24.0 Å². The quantitative estimate of drug-likeness (QED) is 0.913. The summed E-state index contributed by atoms with van der Waals surface area (Å²) in [5.74, 6) is -1.40. The van der Waals surface area contributed by atoms with Gasteiger partial charge in [0.15, 0.2) is 0 Å². The maximum Gasteiger partial charge on any atom is 0.308 e. The molecule has 1 aromatic carbocycles. The zero-order valence-electron chi connectivity index (χ0n) is 10.4. The van der Waals surface area contributed by atoms with Gasteiger partial charge in [0.05, 0.1) is 5.92 Å². The molecule has 6 heteroatoms. The summed E-state index contributed by atoms with van der Waals surface area (Å²) in [6.45, 7) is 2.62. The number of carboxylic acids is 1. The average molecular weight is 304 g/mol. The largest absolute Gasteiger partial charge is 0.481 e. The highest BCUT2D eigenvalue weighted by Crippen LogP contribution is 2.21. The van der Waals surface area contributed by atoms with E-state index < -0.39 is 11.9 Å². The lowest BCUT2D eigenvalue weighted by molar-refractivity contribution is -0.141. The molecule has 4 nitrogen and oxygen atoms in total. The minimum Gasteiger partial charge on any atom is -0.481 e. The first-order chi connectivity index (χ1) is 8.49. The number of halogens is 2. The van der Waals surface area contributed by atoms with Gasteiger partial charge in [0, 0.05) is 23.7 Å². The summed E-state index contributed by atoms with van der Waals surface area (Å²) in [5.41, 5.74) is 1.40. The predicted molar refractivity (Wildman–Crippen MR) is 75.1 cm³/mol. The molecule has 19 heavy (non-hydrogen) atoms. The van der Waals surface area contributed by atoms with Gasteiger partial charge >= 0.3 is 5.97 Å². The maximum absolute atomic E-state index is 12.2. The Morgan fingerprint density at radius 3 is 2.63 bits per heavy atom. The number of aliphatic carboxylic acids is 1. The van der Waals surface area contributed by atoms with Crippen molar-refractivity contribution in [3.05, 3.63) is 34.3 Å². The van der Waals surface area contributed by atoms with Crippen LogP contribution in [0.1, 0.15) is 22.3 Å². The highest BCUT2D eigenvalue weighted by Gasteiger charge is 2.31. The van der Waals surface area contributed by atoms with E-state index in [2.05, 4.69) is 0 Å². The average Bonchev–Trinajstić information content (AvgIpc) is 2.81. The second kappa shape index (κ2) is 6.26. The Hall–Kier alpha value is -1.26. The molecule has 1 unspecified atom stereocenters. The number of hydrogen-bond donors (Lipinski definition) is 1. The van der Waals surface area contributed by atoms with Crippen molar-refractivity contribution in [3.63, 3.8) is 0 Å². The van der Waals surface area contributed by atoms with Gasteiger partial charge in [-0.05, 0) is 37.1 Å². The first-order valence-corrected chi connectivity index (χ1v) is 6.15. The Morgan fingerprint density at radius 1 is 1.42 bits per heavy atom. The topological polar surface area (TPSA) is 57.6 Å². The highest BCUT2D eigenvalue weighted by molar-refractivity contribution is 6.31. The molecule has 1 fully saturated rings. The number of nitrogens with zero attached hydrogens (tertiary/aromatic N) is 1. The SMILES string of the molecule is Cc1cc(C(=O)N2CCC(C(=O)O)C2)ccc1Cl.Cl. The number of carbonyl (C=O) groups is 2. The van der Waals surface area contributed by atoms with Gasteiger partial charge in [-0.2, -0.15) is 0 Å². The Balaban J connectivity index is 0.00000180. The molecule has 1 aliphatic rings. The van der Waals surface area contributed by atoms with Crippen LogP contribution in [0, 0.1) is 12.8 Å². The van der Waals surface area contributed by atoms with E-state index in [1.165, 1.54) is 0 Å². The van der Waals surface area contributed by atoms with Crippen molar-refractivity contribution in [2.75, 3.05) is 13.1 Å². The molecule has 1 N–H and O–H groups in total. The van der Waals surface area contributed by atoms with Crippen LogP contribution in [0.3, 0.4) is 0 Å². The van der Waals surface area contributed by atoms with Crippen LogP contribution in [0.25, 0.3) is 0 Å². The molecule has 1 atom stereocenters. The van der Waals surface area contributed by atoms with Crippen LogP contribution in [-0.2, 0) is 4.79 Å². The number of carboxylic acid groups (broad SMARTS) is 1. The number of carbonyl (C=O) groups excluding carboxylic acids is 1. The molecule has 0 bridgehead atoms. The van der Waals surface area contributed by atoms with Crippen molar-refractivity contribution in [2.24, 2.45) is 5.92 Å². The standard InChI is InChI=1S/C13H14ClNO3.ClH/c1-8-6-9(2-3-11(8)14)12(16)15-5-4-10(7-15)13(17)18;/h2-3,6,10H,4-5,7H2,1H3,(H,17,18);1H. The highest BCUT2D eigenvalue weighted by atomic mass is 35.5. The Bertz CT molecular complexity index is 505. The molecule has 0 saturated carbocycles. The minimum atomic E-state index is -0.836. The van der Waals surface area contributed by atoms with Gasteiger partial charge in [-0.1, -0.05) is 11.6 Å². The van der Waals surface area contributed by atoms with E-state index in [1.807, 2.05) is 6.92 Å². The van der Waals surface area contributed by atoms with E-state index in [4.69, 9.17) is 16.7 Å². The van der Waals surface area contributed by atoms with Crippen LogP contribution in [-0.4, -0.2) is 35.0 Å². The maximum atomic E-state index is 12.2. The van der Waals surface area contributed by atoms with Crippen LogP contribution in [0.15, 0.2) is 18.2 Å². The molecule has 0 aliphatic carbocycles. The third kappa shape index (κ3) is 3.39. The van der Waals surface area contributed by atoms with Crippen molar-refractivity contribution in [1.82, 2.24) is 4.90 Å². The van der Waals surface area contributed by atoms with E-state index in [-0.39, 0.29) is 24.9 Å². The van der Waals surface area contributed by atoms with Crippen LogP contribution in [0.2, 0.25) is 5.02 Å². The smallest absolute Gasteiger partial charge is 0.308 e. The summed E-state index contributed by atoms with van der Waals surface area (Å²) < 4.78 is 0. The monoisotopic (exact) mass is 303 g/mol. The molecule has 0 spiro atoms. The first-order valence-electron chi connectivity index (χ1n) is 5.77. The summed E-state index contributed by atoms with van der Waals surface area (Å²) in [7, 11) is 0. The van der Waals surface area contributed by atoms with Gasteiger partial charge in [-0.25, -0.2) is 0 Å². The Kier molecular flexibility index (Phi) is 5.20. The van der Waals surface area contributed by atoms with Crippen LogP contribution in [0.4, 0.5) is 0 Å². The second-order valence-electron chi connectivity index (χ2n) is 4.54. The fourth-order valence-electron chi connectivity index (χ4n) is 2.11. The number of aryl methyl sites for hydroxylation is 1. The number of likely N-dealkylation sites (tertiary alicyclic amines) is 1. The number of benzene rings is 1. The van der Waals surface area contributed by atoms with Crippen molar-refractivity contribution in [1.29, 1.82) is 0 Å². The molecule has 1 saturated heterocycles. The van der Waals surface area contributed by atoms with E-state index in [1.54, 1.807) is 23.1 Å². The number of amides is 1. The van der Waals surface area contributed by atoms with Gasteiger partial charge in [0.2, 0.25) is 0 Å². The lowest BCUT2D eigenvalue weighted by Gasteiger charge is -2.16. The second-order valence-corrected chi connectivity index (χ2v) is 4.95. The first kappa shape index (κ1) is 15.8. The summed E-state index contributed by atoms with van der Waals surface area (Å²) in [6, 6.07) is 5.10. The zero-order chi connectivity index (χ0) is 13.3. The Labute approximate surface area is 122 Å². The summed E-state index contributed by atoms with van der Waals surface area (Å²) >= 11 is 5.91. The van der Waals surface area contributed by atoms with Crippen molar-refractivity contribution in [3.8, 4) is 0 Å². The molecule has 0 aromatic heterocycles. The predicted octanol–water partition coefficient (Wildman–Crippen LogP) is 2.62. The van der Waals surface area contributed by atoms with Gasteiger partial charge in [0.1, 0.15) is 0 Å². The molecular weight excluding hydrogens is 289 g/mol. The van der Waals surface area contributed by atoms with E-state index >= 15 is 0 Å². The third-order valence-corrected chi connectivity index (χ3v) is 3.65. The van der Waals surface area contributed by atoms with E-state index in [9.17, 15) is 9.59 Å². The molecular formula is C13H15Cl2NO3. The zero-order valence-corrected chi connectivity index (χ0v) is 12.0. The molecule has 0 radical (unpaired) electrons. The van der Waals surface area contributed by atoms with E-state index in [0.29, 0.717) is 23.6 Å². The minimum absolute atomic E-state index is 0. The van der Waals surface area contributed by atoms with Gasteiger partial charge in [-0.3, -0.25) is 9.59 Å². The van der Waals surface area contributed by atoms with Gasteiger partial charge in [-0.15, -0.1) is 12.4 Å². The molecule has 1 aliphatic heterocycles. The summed E-state index contributed by atoms with van der Waals surface area (Å²) in [5, 5.41) is 9.53. The molecule has 1 heterocycles. The normalized spacial score (nSPS) is 18.0. The van der Waals surface area contributed by atoms with Crippen molar-refractivity contribution in [2.45, 2.75) is 13.3 Å². The third-order valence-electron chi connectivity index (χ3n) is 3.23. The van der Waals surface area contributed by atoms with Crippen LogP contribution in [0.5, 0.6) is 0 Å². The summed E-state index contributed by atoms with van der Waals surface area (Å²) in [4.78, 5) is 24.6. The number of rotatable bonds is 2. The summed E-state index contributed by atoms with van der Waals surface area (Å²) in [6.07, 6.45) is 0.521. The number of hydrogen-bond acceptors (Lipinski definition) is 2. The molecule has 2 rings (SSSR count). The van der Waals surface area contributed by atoms with Gasteiger partial charge in [0.25, 0.3) is 5.91 Å². The van der Waals surface area contributed by atoms with Crippen molar-refractivity contribution >= 4 is 35.9 Å². The molecule has 1 aromatic rings.